The number of carbonyl (C=O) groups is 1. The molecule has 1 saturated carbocycles. The Morgan fingerprint density at radius 1 is 1.31 bits per heavy atom. The van der Waals surface area contributed by atoms with Gasteiger partial charge in [-0.05, 0) is 49.5 Å². The van der Waals surface area contributed by atoms with Crippen LogP contribution in [0.5, 0.6) is 0 Å². The number of carbonyl (C=O) groups excluding carboxylic acids is 1. The van der Waals surface area contributed by atoms with Gasteiger partial charge in [-0.25, -0.2) is 4.99 Å². The lowest BCUT2D eigenvalue weighted by Gasteiger charge is -2.38. The first-order chi connectivity index (χ1) is 14.0. The van der Waals surface area contributed by atoms with Gasteiger partial charge in [-0.2, -0.15) is 0 Å². The summed E-state index contributed by atoms with van der Waals surface area (Å²) in [5.41, 5.74) is 10.1. The highest BCUT2D eigenvalue weighted by molar-refractivity contribution is 5.97. The Hall–Kier alpha value is -2.99. The molecule has 6 heteroatoms. The number of pyridine rings is 1. The van der Waals surface area contributed by atoms with E-state index in [0.29, 0.717) is 5.90 Å². The van der Waals surface area contributed by atoms with Crippen molar-refractivity contribution >= 4 is 23.6 Å². The number of aliphatic imine (C=N–C) groups is 1. The molecule has 4 rings (SSSR count). The SMILES string of the molecule is CC1C(=N/C(=C/c2cccnc2)c2ccc(C3(N)CCC3)cc2)OCC(=O)N1C. The fraction of sp³-hybridized carbons (Fsp3) is 0.348. The van der Waals surface area contributed by atoms with Crippen LogP contribution in [-0.2, 0) is 15.1 Å². The van der Waals surface area contributed by atoms with Gasteiger partial charge in [0.05, 0.1) is 5.70 Å². The molecule has 1 aromatic carbocycles. The van der Waals surface area contributed by atoms with Crippen LogP contribution in [0.2, 0.25) is 0 Å². The summed E-state index contributed by atoms with van der Waals surface area (Å²) in [5.74, 6) is 0.480. The normalized spacial score (nSPS) is 22.9. The number of amides is 1. The highest BCUT2D eigenvalue weighted by Crippen LogP contribution is 2.39. The first-order valence-electron chi connectivity index (χ1n) is 9.95. The van der Waals surface area contributed by atoms with Gasteiger partial charge in [-0.3, -0.25) is 9.78 Å². The largest absolute Gasteiger partial charge is 0.469 e. The number of aromatic nitrogens is 1. The zero-order valence-electron chi connectivity index (χ0n) is 16.8. The number of benzene rings is 1. The van der Waals surface area contributed by atoms with Crippen LogP contribution in [0.1, 0.15) is 42.9 Å². The topological polar surface area (TPSA) is 80.8 Å². The van der Waals surface area contributed by atoms with Gasteiger partial charge in [0.1, 0.15) is 6.04 Å². The minimum atomic E-state index is -0.227. The molecule has 2 aromatic rings. The van der Waals surface area contributed by atoms with Crippen LogP contribution in [0.25, 0.3) is 11.8 Å². The highest BCUT2D eigenvalue weighted by Gasteiger charge is 2.34. The fourth-order valence-corrected chi connectivity index (χ4v) is 3.60. The van der Waals surface area contributed by atoms with Crippen LogP contribution < -0.4 is 5.73 Å². The molecule has 6 nitrogen and oxygen atoms in total. The van der Waals surface area contributed by atoms with E-state index in [9.17, 15) is 4.79 Å². The van der Waals surface area contributed by atoms with Crippen LogP contribution in [0.15, 0.2) is 53.8 Å². The first-order valence-corrected chi connectivity index (χ1v) is 9.95. The van der Waals surface area contributed by atoms with Gasteiger partial charge in [0.25, 0.3) is 5.91 Å². The third kappa shape index (κ3) is 3.93. The van der Waals surface area contributed by atoms with Gasteiger partial charge < -0.3 is 15.4 Å². The Balaban J connectivity index is 1.70. The quantitative estimate of drug-likeness (QED) is 0.869. The van der Waals surface area contributed by atoms with Crippen molar-refractivity contribution in [2.45, 2.75) is 37.8 Å². The predicted octanol–water partition coefficient (Wildman–Crippen LogP) is 3.19. The molecular formula is C23H26N4O2. The maximum Gasteiger partial charge on any atom is 0.260 e. The Kier molecular flexibility index (Phi) is 5.20. The third-order valence-corrected chi connectivity index (χ3v) is 5.90. The first kappa shape index (κ1) is 19.3. The van der Waals surface area contributed by atoms with Crippen LogP contribution in [0, 0.1) is 0 Å². The van der Waals surface area contributed by atoms with Crippen molar-refractivity contribution in [2.24, 2.45) is 10.7 Å². The number of hydrogen-bond donors (Lipinski definition) is 1. The lowest BCUT2D eigenvalue weighted by atomic mass is 9.72. The summed E-state index contributed by atoms with van der Waals surface area (Å²) < 4.78 is 5.65. The van der Waals surface area contributed by atoms with Crippen molar-refractivity contribution < 1.29 is 9.53 Å². The molecule has 2 heterocycles. The number of nitrogens with two attached hydrogens (primary N) is 1. The second-order valence-electron chi connectivity index (χ2n) is 7.82. The third-order valence-electron chi connectivity index (χ3n) is 5.90. The molecule has 2 aliphatic rings. The second kappa shape index (κ2) is 7.79. The molecule has 2 fully saturated rings. The average molecular weight is 390 g/mol. The molecule has 150 valence electrons. The zero-order valence-corrected chi connectivity index (χ0v) is 16.8. The average Bonchev–Trinajstić information content (AvgIpc) is 2.72. The van der Waals surface area contributed by atoms with Crippen LogP contribution in [-0.4, -0.2) is 41.4 Å². The minimum Gasteiger partial charge on any atom is -0.469 e. The number of rotatable bonds is 4. The molecule has 2 N–H and O–H groups in total. The molecule has 1 aromatic heterocycles. The molecular weight excluding hydrogens is 364 g/mol. The van der Waals surface area contributed by atoms with E-state index in [0.717, 1.165) is 35.2 Å². The van der Waals surface area contributed by atoms with Crippen molar-refractivity contribution in [3.05, 3.63) is 65.5 Å². The molecule has 0 radical (unpaired) electrons. The molecule has 1 unspecified atom stereocenters. The van der Waals surface area contributed by atoms with Crippen molar-refractivity contribution in [1.29, 1.82) is 0 Å². The van der Waals surface area contributed by atoms with Crippen LogP contribution in [0.4, 0.5) is 0 Å². The van der Waals surface area contributed by atoms with E-state index in [4.69, 9.17) is 15.5 Å². The summed E-state index contributed by atoms with van der Waals surface area (Å²) in [5, 5.41) is 0. The van der Waals surface area contributed by atoms with Crippen molar-refractivity contribution in [3.8, 4) is 0 Å². The molecule has 1 amide bonds. The second-order valence-corrected chi connectivity index (χ2v) is 7.82. The van der Waals surface area contributed by atoms with E-state index in [-0.39, 0.29) is 24.1 Å². The predicted molar refractivity (Wildman–Crippen MR) is 114 cm³/mol. The fourth-order valence-electron chi connectivity index (χ4n) is 3.60. The molecule has 1 aliphatic heterocycles. The van der Waals surface area contributed by atoms with Crippen LogP contribution in [0.3, 0.4) is 0 Å². The van der Waals surface area contributed by atoms with E-state index in [1.165, 1.54) is 6.42 Å². The van der Waals surface area contributed by atoms with Gasteiger partial charge in [0.15, 0.2) is 6.61 Å². The molecule has 29 heavy (non-hydrogen) atoms. The van der Waals surface area contributed by atoms with Gasteiger partial charge in [0, 0.05) is 30.5 Å². The number of hydrogen-bond acceptors (Lipinski definition) is 5. The van der Waals surface area contributed by atoms with Crippen molar-refractivity contribution in [1.82, 2.24) is 9.88 Å². The van der Waals surface area contributed by atoms with E-state index in [1.807, 2.05) is 25.1 Å². The van der Waals surface area contributed by atoms with Crippen molar-refractivity contribution in [2.75, 3.05) is 13.7 Å². The Labute approximate surface area is 171 Å². The molecule has 1 atom stereocenters. The standard InChI is InChI=1S/C23H26N4O2/c1-16-22(29-15-21(28)27(16)2)26-20(13-17-5-3-12-25-14-17)18-6-8-19(9-7-18)23(24)10-4-11-23/h3,5-9,12-14,16H,4,10-11,15,24H2,1-2H3/b20-13+,26-22?. The van der Waals surface area contributed by atoms with Gasteiger partial charge in [0.2, 0.25) is 5.90 Å². The summed E-state index contributed by atoms with van der Waals surface area (Å²) >= 11 is 0. The number of ether oxygens (including phenoxy) is 1. The monoisotopic (exact) mass is 390 g/mol. The highest BCUT2D eigenvalue weighted by atomic mass is 16.5. The Morgan fingerprint density at radius 2 is 2.07 bits per heavy atom. The number of nitrogens with zero attached hydrogens (tertiary/aromatic N) is 3. The number of morpholine rings is 1. The smallest absolute Gasteiger partial charge is 0.260 e. The van der Waals surface area contributed by atoms with E-state index in [2.05, 4.69) is 29.2 Å². The molecule has 1 saturated heterocycles. The molecule has 0 spiro atoms. The molecule has 1 aliphatic carbocycles. The van der Waals surface area contributed by atoms with E-state index >= 15 is 0 Å². The van der Waals surface area contributed by atoms with Crippen molar-refractivity contribution in [3.63, 3.8) is 0 Å². The van der Waals surface area contributed by atoms with E-state index in [1.54, 1.807) is 24.3 Å². The lowest BCUT2D eigenvalue weighted by molar-refractivity contribution is -0.136. The number of likely N-dealkylation sites (N-methyl/N-ethyl adjacent to an activating group) is 1. The maximum atomic E-state index is 11.9. The zero-order chi connectivity index (χ0) is 20.4. The summed E-state index contributed by atoms with van der Waals surface area (Å²) in [6, 6.07) is 11.9. The van der Waals surface area contributed by atoms with Crippen LogP contribution >= 0.6 is 0 Å². The minimum absolute atomic E-state index is 0.00841. The maximum absolute atomic E-state index is 11.9. The van der Waals surface area contributed by atoms with E-state index < -0.39 is 0 Å². The van der Waals surface area contributed by atoms with Gasteiger partial charge >= 0.3 is 0 Å². The summed E-state index contributed by atoms with van der Waals surface area (Å²) in [6.07, 6.45) is 8.74. The molecule has 0 bridgehead atoms. The lowest BCUT2D eigenvalue weighted by Crippen LogP contribution is -2.48. The van der Waals surface area contributed by atoms with Gasteiger partial charge in [-0.1, -0.05) is 30.3 Å². The summed E-state index contributed by atoms with van der Waals surface area (Å²) in [4.78, 5) is 22.5. The van der Waals surface area contributed by atoms with Gasteiger partial charge in [-0.15, -0.1) is 0 Å². The Morgan fingerprint density at radius 3 is 2.69 bits per heavy atom. The summed E-state index contributed by atoms with van der Waals surface area (Å²) in [6.45, 7) is 1.92. The summed E-state index contributed by atoms with van der Waals surface area (Å²) in [7, 11) is 1.77. The Bertz CT molecular complexity index is 947.